The van der Waals surface area contributed by atoms with Gasteiger partial charge < -0.3 is 10.4 Å². The molecule has 4 nitrogen and oxygen atoms in total. The van der Waals surface area contributed by atoms with Crippen molar-refractivity contribution in [3.63, 3.8) is 0 Å². The average Bonchev–Trinajstić information content (AvgIpc) is 2.30. The SMILES string of the molecule is C#CCSCCNc1nccc(C(=O)O)c1F. The highest BCUT2D eigenvalue weighted by atomic mass is 32.2. The first-order chi connectivity index (χ1) is 8.16. The first-order valence-electron chi connectivity index (χ1n) is 4.79. The summed E-state index contributed by atoms with van der Waals surface area (Å²) in [5.74, 6) is 1.55. The van der Waals surface area contributed by atoms with E-state index in [2.05, 4.69) is 16.2 Å². The molecule has 0 atom stereocenters. The van der Waals surface area contributed by atoms with Crippen LogP contribution in [0.3, 0.4) is 0 Å². The van der Waals surface area contributed by atoms with E-state index in [1.165, 1.54) is 18.0 Å². The van der Waals surface area contributed by atoms with Crippen molar-refractivity contribution in [2.24, 2.45) is 0 Å². The third-order valence-corrected chi connectivity index (χ3v) is 2.71. The number of nitrogens with zero attached hydrogens (tertiary/aromatic N) is 1. The number of aromatic carboxylic acids is 1. The summed E-state index contributed by atoms with van der Waals surface area (Å²) < 4.78 is 13.6. The number of halogens is 1. The zero-order valence-corrected chi connectivity index (χ0v) is 9.76. The van der Waals surface area contributed by atoms with Crippen molar-refractivity contribution in [1.82, 2.24) is 4.98 Å². The smallest absolute Gasteiger partial charge is 0.338 e. The first-order valence-corrected chi connectivity index (χ1v) is 5.95. The van der Waals surface area contributed by atoms with Crippen molar-refractivity contribution in [3.05, 3.63) is 23.6 Å². The average molecular weight is 254 g/mol. The third kappa shape index (κ3) is 3.96. The Morgan fingerprint density at radius 1 is 1.71 bits per heavy atom. The van der Waals surface area contributed by atoms with Crippen LogP contribution >= 0.6 is 11.8 Å². The number of carbonyl (C=O) groups is 1. The molecule has 0 saturated heterocycles. The molecule has 0 saturated carbocycles. The maximum absolute atomic E-state index is 13.6. The highest BCUT2D eigenvalue weighted by molar-refractivity contribution is 7.99. The standard InChI is InChI=1S/C11H11FN2O2S/c1-2-6-17-7-5-14-10-9(12)8(11(15)16)3-4-13-10/h1,3-4H,5-7H2,(H,13,14)(H,15,16). The van der Waals surface area contributed by atoms with Gasteiger partial charge in [0, 0.05) is 18.5 Å². The maximum atomic E-state index is 13.6. The molecule has 1 aromatic rings. The maximum Gasteiger partial charge on any atom is 0.338 e. The quantitative estimate of drug-likeness (QED) is 0.597. The van der Waals surface area contributed by atoms with Gasteiger partial charge in [-0.3, -0.25) is 0 Å². The van der Waals surface area contributed by atoms with Crippen LogP contribution in [0.15, 0.2) is 12.3 Å². The molecule has 17 heavy (non-hydrogen) atoms. The van der Waals surface area contributed by atoms with Crippen molar-refractivity contribution < 1.29 is 14.3 Å². The molecule has 90 valence electrons. The van der Waals surface area contributed by atoms with Gasteiger partial charge in [-0.1, -0.05) is 5.92 Å². The van der Waals surface area contributed by atoms with Gasteiger partial charge in [0.25, 0.3) is 0 Å². The number of hydrogen-bond donors (Lipinski definition) is 2. The number of hydrogen-bond acceptors (Lipinski definition) is 4. The number of aromatic nitrogens is 1. The van der Waals surface area contributed by atoms with Crippen molar-refractivity contribution in [1.29, 1.82) is 0 Å². The van der Waals surface area contributed by atoms with Gasteiger partial charge in [-0.05, 0) is 6.07 Å². The van der Waals surface area contributed by atoms with Gasteiger partial charge in [0.2, 0.25) is 0 Å². The monoisotopic (exact) mass is 254 g/mol. The Kier molecular flexibility index (Phi) is 5.30. The fourth-order valence-electron chi connectivity index (χ4n) is 1.10. The summed E-state index contributed by atoms with van der Waals surface area (Å²) in [6.07, 6.45) is 6.32. The molecule has 0 fully saturated rings. The van der Waals surface area contributed by atoms with Crippen molar-refractivity contribution in [2.75, 3.05) is 23.4 Å². The molecule has 6 heteroatoms. The number of rotatable bonds is 6. The van der Waals surface area contributed by atoms with Crippen LogP contribution in [-0.4, -0.2) is 34.1 Å². The molecule has 0 bridgehead atoms. The van der Waals surface area contributed by atoms with Gasteiger partial charge in [0.15, 0.2) is 11.6 Å². The summed E-state index contributed by atoms with van der Waals surface area (Å²) in [7, 11) is 0. The predicted octanol–water partition coefficient (Wildman–Crippen LogP) is 1.70. The largest absolute Gasteiger partial charge is 0.478 e. The van der Waals surface area contributed by atoms with Crippen LogP contribution in [0.2, 0.25) is 0 Å². The van der Waals surface area contributed by atoms with E-state index in [4.69, 9.17) is 11.5 Å². The Labute approximate surface area is 103 Å². The molecule has 0 aliphatic rings. The Morgan fingerprint density at radius 3 is 3.12 bits per heavy atom. The summed E-state index contributed by atoms with van der Waals surface area (Å²) in [6.45, 7) is 0.472. The number of terminal acetylenes is 1. The van der Waals surface area contributed by atoms with Crippen LogP contribution in [0.5, 0.6) is 0 Å². The molecule has 0 aliphatic heterocycles. The number of carboxylic acids is 1. The topological polar surface area (TPSA) is 62.2 Å². The molecule has 0 unspecified atom stereocenters. The second-order valence-corrected chi connectivity index (χ2v) is 4.11. The second kappa shape index (κ2) is 6.76. The number of pyridine rings is 1. The fraction of sp³-hybridized carbons (Fsp3) is 0.273. The Hall–Kier alpha value is -1.74. The minimum atomic E-state index is -1.31. The second-order valence-electron chi connectivity index (χ2n) is 3.01. The van der Waals surface area contributed by atoms with Crippen LogP contribution in [-0.2, 0) is 0 Å². The van der Waals surface area contributed by atoms with Crippen molar-refractivity contribution in [2.45, 2.75) is 0 Å². The molecule has 0 radical (unpaired) electrons. The fourth-order valence-corrected chi connectivity index (χ4v) is 1.61. The van der Waals surface area contributed by atoms with Gasteiger partial charge in [0.05, 0.1) is 5.75 Å². The van der Waals surface area contributed by atoms with Crippen molar-refractivity contribution in [3.8, 4) is 12.3 Å². The van der Waals surface area contributed by atoms with E-state index < -0.39 is 17.3 Å². The molecule has 0 aliphatic carbocycles. The molecule has 2 N–H and O–H groups in total. The van der Waals surface area contributed by atoms with Crippen molar-refractivity contribution >= 4 is 23.5 Å². The lowest BCUT2D eigenvalue weighted by atomic mass is 10.2. The highest BCUT2D eigenvalue weighted by Gasteiger charge is 2.14. The first kappa shape index (κ1) is 13.3. The van der Waals surface area contributed by atoms with Gasteiger partial charge in [-0.25, -0.2) is 14.2 Å². The number of anilines is 1. The third-order valence-electron chi connectivity index (χ3n) is 1.84. The molecule has 1 aromatic heterocycles. The molecule has 0 amide bonds. The van der Waals surface area contributed by atoms with Gasteiger partial charge in [-0.15, -0.1) is 18.2 Å². The molecular weight excluding hydrogens is 243 g/mol. The highest BCUT2D eigenvalue weighted by Crippen LogP contribution is 2.14. The summed E-state index contributed by atoms with van der Waals surface area (Å²) in [5.41, 5.74) is -0.390. The summed E-state index contributed by atoms with van der Waals surface area (Å²) in [5, 5.41) is 11.4. The zero-order chi connectivity index (χ0) is 12.7. The van der Waals surface area contributed by atoms with E-state index >= 15 is 0 Å². The lowest BCUT2D eigenvalue weighted by molar-refractivity contribution is 0.0692. The summed E-state index contributed by atoms with van der Waals surface area (Å²) in [6, 6.07) is 1.12. The molecular formula is C11H11FN2O2S. The zero-order valence-electron chi connectivity index (χ0n) is 8.94. The minimum Gasteiger partial charge on any atom is -0.478 e. The lowest BCUT2D eigenvalue weighted by Gasteiger charge is -2.07. The van der Waals surface area contributed by atoms with E-state index in [1.54, 1.807) is 0 Å². The lowest BCUT2D eigenvalue weighted by Crippen LogP contribution is -2.10. The number of thioether (sulfide) groups is 1. The Morgan fingerprint density at radius 2 is 2.47 bits per heavy atom. The van der Waals surface area contributed by atoms with Crippen LogP contribution in [0.25, 0.3) is 0 Å². The molecule has 0 spiro atoms. The van der Waals surface area contributed by atoms with Gasteiger partial charge in [-0.2, -0.15) is 0 Å². The number of carboxylic acid groups (broad SMARTS) is 1. The van der Waals surface area contributed by atoms with Crippen LogP contribution in [0.1, 0.15) is 10.4 Å². The van der Waals surface area contributed by atoms with Gasteiger partial charge in [0.1, 0.15) is 5.56 Å². The van der Waals surface area contributed by atoms with Gasteiger partial charge >= 0.3 is 5.97 Å². The summed E-state index contributed by atoms with van der Waals surface area (Å²) in [4.78, 5) is 14.4. The number of nitrogens with one attached hydrogen (secondary N) is 1. The molecule has 1 rings (SSSR count). The molecule has 0 aromatic carbocycles. The van der Waals surface area contributed by atoms with E-state index in [1.807, 2.05) is 0 Å². The van der Waals surface area contributed by atoms with E-state index in [9.17, 15) is 9.18 Å². The Bertz CT molecular complexity index is 446. The van der Waals surface area contributed by atoms with Crippen LogP contribution in [0.4, 0.5) is 10.2 Å². The summed E-state index contributed by atoms with van der Waals surface area (Å²) >= 11 is 1.52. The molecule has 1 heterocycles. The van der Waals surface area contributed by atoms with Crippen LogP contribution < -0.4 is 5.32 Å². The van der Waals surface area contributed by atoms with E-state index in [0.717, 1.165) is 6.07 Å². The Balaban J connectivity index is 2.57. The minimum absolute atomic E-state index is 0.0498. The normalized spacial score (nSPS) is 9.65. The van der Waals surface area contributed by atoms with E-state index in [0.29, 0.717) is 18.1 Å². The predicted molar refractivity (Wildman–Crippen MR) is 65.8 cm³/mol. The van der Waals surface area contributed by atoms with Crippen LogP contribution in [0, 0.1) is 18.2 Å². The van der Waals surface area contributed by atoms with E-state index in [-0.39, 0.29) is 5.82 Å².